The highest BCUT2D eigenvalue weighted by atomic mass is 35.5. The molecule has 2 N–H and O–H groups in total. The molecule has 0 unspecified atom stereocenters. The predicted octanol–water partition coefficient (Wildman–Crippen LogP) is 3.77. The Balaban J connectivity index is 1.62. The molecule has 0 saturated heterocycles. The molecule has 3 aromatic heterocycles. The summed E-state index contributed by atoms with van der Waals surface area (Å²) >= 11 is 5.89. The molecule has 0 bridgehead atoms. The van der Waals surface area contributed by atoms with Gasteiger partial charge in [0.2, 0.25) is 0 Å². The number of aromatic nitrogens is 4. The number of anilines is 1. The molecule has 0 radical (unpaired) electrons. The third-order valence-electron chi connectivity index (χ3n) is 3.52. The summed E-state index contributed by atoms with van der Waals surface area (Å²) < 4.78 is 0. The number of aromatic amines is 1. The van der Waals surface area contributed by atoms with Gasteiger partial charge < -0.3 is 10.3 Å². The summed E-state index contributed by atoms with van der Waals surface area (Å²) in [4.78, 5) is 16.2. The molecule has 108 valence electrons. The quantitative estimate of drug-likeness (QED) is 0.565. The molecule has 0 aliphatic heterocycles. The van der Waals surface area contributed by atoms with Crippen LogP contribution < -0.4 is 5.32 Å². The fourth-order valence-electron chi connectivity index (χ4n) is 2.45. The van der Waals surface area contributed by atoms with Crippen molar-refractivity contribution in [2.24, 2.45) is 0 Å². The van der Waals surface area contributed by atoms with Crippen molar-refractivity contribution >= 4 is 39.5 Å². The highest BCUT2D eigenvalue weighted by Gasteiger charge is 2.04. The second-order valence-corrected chi connectivity index (χ2v) is 5.33. The van der Waals surface area contributed by atoms with Crippen LogP contribution >= 0.6 is 11.6 Å². The Labute approximate surface area is 131 Å². The number of rotatable bonds is 3. The number of nitrogens with zero attached hydrogens (tertiary/aromatic N) is 3. The smallest absolute Gasteiger partial charge is 0.181 e. The van der Waals surface area contributed by atoms with E-state index in [-0.39, 0.29) is 0 Å². The van der Waals surface area contributed by atoms with Crippen molar-refractivity contribution in [3.63, 3.8) is 0 Å². The molecule has 0 atom stereocenters. The molecular formula is C16H12ClN5. The number of benzene rings is 1. The van der Waals surface area contributed by atoms with E-state index in [1.807, 2.05) is 18.3 Å². The Kier molecular flexibility index (Phi) is 3.12. The maximum atomic E-state index is 5.89. The summed E-state index contributed by atoms with van der Waals surface area (Å²) in [7, 11) is 0. The van der Waals surface area contributed by atoms with Crippen LogP contribution in [-0.2, 0) is 6.54 Å². The summed E-state index contributed by atoms with van der Waals surface area (Å²) in [6.07, 6.45) is 3.64. The Bertz CT molecular complexity index is 963. The topological polar surface area (TPSA) is 66.5 Å². The van der Waals surface area contributed by atoms with E-state index >= 15 is 0 Å². The highest BCUT2D eigenvalue weighted by molar-refractivity contribution is 6.29. The highest BCUT2D eigenvalue weighted by Crippen LogP contribution is 2.19. The van der Waals surface area contributed by atoms with Crippen molar-refractivity contribution in [3.8, 4) is 0 Å². The van der Waals surface area contributed by atoms with Crippen LogP contribution in [0.5, 0.6) is 0 Å². The summed E-state index contributed by atoms with van der Waals surface area (Å²) in [6, 6.07) is 11.8. The molecule has 4 rings (SSSR count). The molecule has 6 heteroatoms. The van der Waals surface area contributed by atoms with Gasteiger partial charge in [-0.15, -0.1) is 0 Å². The van der Waals surface area contributed by atoms with E-state index < -0.39 is 0 Å². The van der Waals surface area contributed by atoms with Gasteiger partial charge in [-0.25, -0.2) is 15.0 Å². The zero-order valence-electron chi connectivity index (χ0n) is 11.5. The van der Waals surface area contributed by atoms with E-state index in [0.29, 0.717) is 23.2 Å². The number of pyridine rings is 1. The lowest BCUT2D eigenvalue weighted by Gasteiger charge is -2.07. The minimum Gasteiger partial charge on any atom is -0.365 e. The van der Waals surface area contributed by atoms with Crippen LogP contribution in [0.4, 0.5) is 5.82 Å². The fraction of sp³-hybridized carbons (Fsp3) is 0.0625. The van der Waals surface area contributed by atoms with Gasteiger partial charge in [-0.3, -0.25) is 0 Å². The standard InChI is InChI=1S/C16H12ClN5/c17-14-5-4-13-16(21-14)22-15(9-19-13)20-8-10-2-1-3-12-11(10)6-7-18-12/h1-7,9,18H,8H2,(H,20,21,22). The molecular weight excluding hydrogens is 298 g/mol. The fourth-order valence-corrected chi connectivity index (χ4v) is 2.59. The first kappa shape index (κ1) is 13.0. The first-order chi connectivity index (χ1) is 10.8. The van der Waals surface area contributed by atoms with E-state index in [0.717, 1.165) is 11.0 Å². The lowest BCUT2D eigenvalue weighted by atomic mass is 10.1. The Morgan fingerprint density at radius 3 is 3.00 bits per heavy atom. The van der Waals surface area contributed by atoms with E-state index in [1.165, 1.54) is 10.9 Å². The Hall–Kier alpha value is -2.66. The predicted molar refractivity (Wildman–Crippen MR) is 88.0 cm³/mol. The molecule has 22 heavy (non-hydrogen) atoms. The van der Waals surface area contributed by atoms with Crippen molar-refractivity contribution in [1.29, 1.82) is 0 Å². The van der Waals surface area contributed by atoms with Gasteiger partial charge in [-0.05, 0) is 29.8 Å². The average molecular weight is 310 g/mol. The van der Waals surface area contributed by atoms with Crippen LogP contribution in [0.2, 0.25) is 5.15 Å². The lowest BCUT2D eigenvalue weighted by molar-refractivity contribution is 1.11. The molecule has 4 aromatic rings. The monoisotopic (exact) mass is 309 g/mol. The molecule has 0 spiro atoms. The van der Waals surface area contributed by atoms with Gasteiger partial charge in [0.05, 0.1) is 6.20 Å². The first-order valence-corrected chi connectivity index (χ1v) is 7.25. The van der Waals surface area contributed by atoms with Crippen molar-refractivity contribution in [1.82, 2.24) is 19.9 Å². The van der Waals surface area contributed by atoms with Crippen LogP contribution in [-0.4, -0.2) is 19.9 Å². The molecule has 5 nitrogen and oxygen atoms in total. The molecule has 0 aliphatic rings. The van der Waals surface area contributed by atoms with Crippen molar-refractivity contribution in [2.45, 2.75) is 6.54 Å². The van der Waals surface area contributed by atoms with Crippen LogP contribution in [0.15, 0.2) is 48.8 Å². The minimum atomic E-state index is 0.413. The molecule has 1 aromatic carbocycles. The Morgan fingerprint density at radius 1 is 1.09 bits per heavy atom. The van der Waals surface area contributed by atoms with Crippen LogP contribution in [0.1, 0.15) is 5.56 Å². The van der Waals surface area contributed by atoms with Gasteiger partial charge in [-0.1, -0.05) is 23.7 Å². The van der Waals surface area contributed by atoms with E-state index in [9.17, 15) is 0 Å². The number of halogens is 1. The van der Waals surface area contributed by atoms with Gasteiger partial charge in [0, 0.05) is 23.6 Å². The van der Waals surface area contributed by atoms with Crippen LogP contribution in [0.3, 0.4) is 0 Å². The van der Waals surface area contributed by atoms with Gasteiger partial charge >= 0.3 is 0 Å². The Morgan fingerprint density at radius 2 is 2.05 bits per heavy atom. The SMILES string of the molecule is Clc1ccc2ncc(NCc3cccc4[nH]ccc34)nc2n1. The third kappa shape index (κ3) is 2.35. The lowest BCUT2D eigenvalue weighted by Crippen LogP contribution is -2.03. The van der Waals surface area contributed by atoms with Crippen LogP contribution in [0, 0.1) is 0 Å². The molecule has 3 heterocycles. The number of nitrogens with one attached hydrogen (secondary N) is 2. The summed E-state index contributed by atoms with van der Waals surface area (Å²) in [5, 5.41) is 4.90. The van der Waals surface area contributed by atoms with E-state index in [4.69, 9.17) is 11.6 Å². The van der Waals surface area contributed by atoms with E-state index in [2.05, 4.69) is 43.5 Å². The first-order valence-electron chi connectivity index (χ1n) is 6.88. The third-order valence-corrected chi connectivity index (χ3v) is 3.73. The van der Waals surface area contributed by atoms with Gasteiger partial charge in [0.15, 0.2) is 5.65 Å². The average Bonchev–Trinajstić information content (AvgIpc) is 3.01. The largest absolute Gasteiger partial charge is 0.365 e. The molecule has 0 saturated carbocycles. The van der Waals surface area contributed by atoms with Crippen molar-refractivity contribution in [3.05, 3.63) is 59.5 Å². The normalized spacial score (nSPS) is 11.1. The second kappa shape index (κ2) is 5.27. The maximum Gasteiger partial charge on any atom is 0.181 e. The summed E-state index contributed by atoms with van der Waals surface area (Å²) in [5.74, 6) is 0.676. The zero-order chi connectivity index (χ0) is 14.9. The number of fused-ring (bicyclic) bond motifs is 2. The molecule has 0 amide bonds. The zero-order valence-corrected chi connectivity index (χ0v) is 12.3. The van der Waals surface area contributed by atoms with Gasteiger partial charge in [0.25, 0.3) is 0 Å². The summed E-state index contributed by atoms with van der Waals surface area (Å²) in [5.41, 5.74) is 3.58. The second-order valence-electron chi connectivity index (χ2n) is 4.94. The molecule has 0 fully saturated rings. The van der Waals surface area contributed by atoms with E-state index in [1.54, 1.807) is 12.3 Å². The number of hydrogen-bond donors (Lipinski definition) is 2. The van der Waals surface area contributed by atoms with Crippen LogP contribution in [0.25, 0.3) is 22.1 Å². The minimum absolute atomic E-state index is 0.413. The number of H-pyrrole nitrogens is 1. The van der Waals surface area contributed by atoms with Crippen molar-refractivity contribution in [2.75, 3.05) is 5.32 Å². The maximum absolute atomic E-state index is 5.89. The van der Waals surface area contributed by atoms with Crippen molar-refractivity contribution < 1.29 is 0 Å². The van der Waals surface area contributed by atoms with Gasteiger partial charge in [-0.2, -0.15) is 0 Å². The molecule has 0 aliphatic carbocycles. The summed E-state index contributed by atoms with van der Waals surface area (Å²) in [6.45, 7) is 0.663. The van der Waals surface area contributed by atoms with Gasteiger partial charge in [0.1, 0.15) is 16.5 Å². The number of hydrogen-bond acceptors (Lipinski definition) is 4.